The van der Waals surface area contributed by atoms with E-state index in [1.807, 2.05) is 4.90 Å². The lowest BCUT2D eigenvalue weighted by molar-refractivity contribution is -0.133. The molecule has 138 valence electrons. The van der Waals surface area contributed by atoms with E-state index in [0.717, 1.165) is 19.6 Å². The molecule has 6 heteroatoms. The van der Waals surface area contributed by atoms with Crippen molar-refractivity contribution in [2.75, 3.05) is 37.7 Å². The lowest BCUT2D eigenvalue weighted by Crippen LogP contribution is -2.48. The minimum Gasteiger partial charge on any atom is -0.481 e. The minimum absolute atomic E-state index is 0.0176. The van der Waals surface area contributed by atoms with Crippen LogP contribution < -0.4 is 0 Å². The van der Waals surface area contributed by atoms with Crippen molar-refractivity contribution in [1.82, 2.24) is 9.80 Å². The summed E-state index contributed by atoms with van der Waals surface area (Å²) in [6.07, 6.45) is 0. The molecule has 0 spiro atoms. The molecule has 0 saturated carbocycles. The van der Waals surface area contributed by atoms with E-state index in [2.05, 4.69) is 49.9 Å². The van der Waals surface area contributed by atoms with Crippen LogP contribution in [-0.4, -0.2) is 64.5 Å². The number of hydrogen-bond acceptors (Lipinski definition) is 4. The van der Waals surface area contributed by atoms with Crippen LogP contribution in [0.3, 0.4) is 0 Å². The second-order valence-electron chi connectivity index (χ2n) is 7.49. The Labute approximate surface area is 154 Å². The Bertz CT molecular complexity index is 588. The van der Waals surface area contributed by atoms with Gasteiger partial charge in [-0.25, -0.2) is 0 Å². The van der Waals surface area contributed by atoms with Crippen LogP contribution in [0.15, 0.2) is 24.3 Å². The number of nitrogens with zero attached hydrogens (tertiary/aromatic N) is 2. The Morgan fingerprint density at radius 1 is 1.04 bits per heavy atom. The van der Waals surface area contributed by atoms with Gasteiger partial charge in [0.2, 0.25) is 5.91 Å². The van der Waals surface area contributed by atoms with Gasteiger partial charge in [-0.05, 0) is 16.5 Å². The van der Waals surface area contributed by atoms with E-state index in [4.69, 9.17) is 5.11 Å². The lowest BCUT2D eigenvalue weighted by atomic mass is 9.87. The van der Waals surface area contributed by atoms with E-state index >= 15 is 0 Å². The van der Waals surface area contributed by atoms with Crippen molar-refractivity contribution < 1.29 is 14.7 Å². The Kier molecular flexibility index (Phi) is 6.90. The summed E-state index contributed by atoms with van der Waals surface area (Å²) in [7, 11) is 0. The molecule has 1 N–H and O–H groups in total. The summed E-state index contributed by atoms with van der Waals surface area (Å²) in [4.78, 5) is 26.8. The summed E-state index contributed by atoms with van der Waals surface area (Å²) in [5.41, 5.74) is 2.80. The van der Waals surface area contributed by atoms with Gasteiger partial charge in [-0.3, -0.25) is 14.5 Å². The first kappa shape index (κ1) is 19.8. The smallest absolute Gasteiger partial charge is 0.313 e. The monoisotopic (exact) mass is 364 g/mol. The molecule has 0 aromatic heterocycles. The van der Waals surface area contributed by atoms with Gasteiger partial charge in [-0.15, -0.1) is 11.8 Å². The molecular weight excluding hydrogens is 336 g/mol. The summed E-state index contributed by atoms with van der Waals surface area (Å²) >= 11 is 1.17. The van der Waals surface area contributed by atoms with Crippen molar-refractivity contribution in [3.05, 3.63) is 35.4 Å². The van der Waals surface area contributed by atoms with Crippen molar-refractivity contribution in [3.63, 3.8) is 0 Å². The Hall–Kier alpha value is -1.53. The minimum atomic E-state index is -0.875. The molecule has 1 aromatic carbocycles. The van der Waals surface area contributed by atoms with E-state index in [9.17, 15) is 9.59 Å². The van der Waals surface area contributed by atoms with Crippen molar-refractivity contribution in [3.8, 4) is 0 Å². The van der Waals surface area contributed by atoms with Crippen molar-refractivity contribution in [2.45, 2.75) is 32.7 Å². The zero-order chi connectivity index (χ0) is 18.4. The van der Waals surface area contributed by atoms with Gasteiger partial charge in [0.25, 0.3) is 0 Å². The molecule has 1 heterocycles. The van der Waals surface area contributed by atoms with Crippen molar-refractivity contribution in [2.24, 2.45) is 0 Å². The number of rotatable bonds is 6. The SMILES string of the molecule is CC(C)(C)c1ccc(CN2CCN(C(=O)CSCC(=O)O)CC2)cc1. The normalized spacial score (nSPS) is 16.0. The standard InChI is InChI=1S/C19H28N2O3S/c1-19(2,3)16-6-4-15(5-7-16)12-20-8-10-21(11-9-20)17(22)13-25-14-18(23)24/h4-7H,8-14H2,1-3H3,(H,23,24). The molecule has 1 aliphatic heterocycles. The number of aliphatic carboxylic acids is 1. The predicted octanol–water partition coefficient (Wildman–Crippen LogP) is 2.45. The summed E-state index contributed by atoms with van der Waals surface area (Å²) in [6.45, 7) is 10.7. The Balaban J connectivity index is 1.76. The molecule has 0 radical (unpaired) electrons. The van der Waals surface area contributed by atoms with E-state index in [0.29, 0.717) is 13.1 Å². The Morgan fingerprint density at radius 3 is 2.16 bits per heavy atom. The van der Waals surface area contributed by atoms with Gasteiger partial charge >= 0.3 is 5.97 Å². The van der Waals surface area contributed by atoms with Crippen molar-refractivity contribution in [1.29, 1.82) is 0 Å². The van der Waals surface area contributed by atoms with Gasteiger partial charge < -0.3 is 10.0 Å². The third-order valence-electron chi connectivity index (χ3n) is 4.40. The molecule has 1 aromatic rings. The largest absolute Gasteiger partial charge is 0.481 e. The maximum absolute atomic E-state index is 12.1. The average Bonchev–Trinajstić information content (AvgIpc) is 2.55. The van der Waals surface area contributed by atoms with Crippen LogP contribution in [0.5, 0.6) is 0 Å². The second-order valence-corrected chi connectivity index (χ2v) is 8.48. The quantitative estimate of drug-likeness (QED) is 0.840. The number of thioether (sulfide) groups is 1. The van der Waals surface area contributed by atoms with Crippen LogP contribution in [-0.2, 0) is 21.5 Å². The maximum Gasteiger partial charge on any atom is 0.313 e. The molecule has 5 nitrogen and oxygen atoms in total. The third kappa shape index (κ3) is 6.36. The molecule has 1 amide bonds. The van der Waals surface area contributed by atoms with E-state index in [-0.39, 0.29) is 22.8 Å². The summed E-state index contributed by atoms with van der Waals surface area (Å²) < 4.78 is 0. The van der Waals surface area contributed by atoms with Crippen LogP contribution in [0.1, 0.15) is 31.9 Å². The molecule has 0 aliphatic carbocycles. The van der Waals surface area contributed by atoms with Gasteiger partial charge in [0, 0.05) is 32.7 Å². The highest BCUT2D eigenvalue weighted by Gasteiger charge is 2.21. The molecule has 0 unspecified atom stereocenters. The number of benzene rings is 1. The number of carboxylic acid groups (broad SMARTS) is 1. The number of carbonyl (C=O) groups excluding carboxylic acids is 1. The van der Waals surface area contributed by atoms with Gasteiger partial charge in [-0.1, -0.05) is 45.0 Å². The highest BCUT2D eigenvalue weighted by Crippen LogP contribution is 2.22. The van der Waals surface area contributed by atoms with Gasteiger partial charge in [-0.2, -0.15) is 0 Å². The van der Waals surface area contributed by atoms with Crippen LogP contribution in [0.25, 0.3) is 0 Å². The topological polar surface area (TPSA) is 60.9 Å². The fourth-order valence-corrected chi connectivity index (χ4v) is 3.47. The molecule has 2 rings (SSSR count). The van der Waals surface area contributed by atoms with E-state index < -0.39 is 5.97 Å². The molecule has 1 saturated heterocycles. The van der Waals surface area contributed by atoms with Crippen LogP contribution >= 0.6 is 11.8 Å². The van der Waals surface area contributed by atoms with Gasteiger partial charge in [0.1, 0.15) is 0 Å². The average molecular weight is 365 g/mol. The van der Waals surface area contributed by atoms with Crippen LogP contribution in [0, 0.1) is 0 Å². The third-order valence-corrected chi connectivity index (χ3v) is 5.30. The van der Waals surface area contributed by atoms with Gasteiger partial charge in [0.15, 0.2) is 0 Å². The Morgan fingerprint density at radius 2 is 1.64 bits per heavy atom. The first-order valence-electron chi connectivity index (χ1n) is 8.65. The first-order valence-corrected chi connectivity index (χ1v) is 9.80. The van der Waals surface area contributed by atoms with Crippen LogP contribution in [0.2, 0.25) is 0 Å². The van der Waals surface area contributed by atoms with Crippen LogP contribution in [0.4, 0.5) is 0 Å². The summed E-state index contributed by atoms with van der Waals surface area (Å²) in [5, 5.41) is 8.62. The highest BCUT2D eigenvalue weighted by molar-refractivity contribution is 8.00. The predicted molar refractivity (Wildman–Crippen MR) is 102 cm³/mol. The zero-order valence-electron chi connectivity index (χ0n) is 15.3. The molecule has 25 heavy (non-hydrogen) atoms. The number of carboxylic acids is 1. The molecule has 1 aliphatic rings. The highest BCUT2D eigenvalue weighted by atomic mass is 32.2. The van der Waals surface area contributed by atoms with E-state index in [1.54, 1.807) is 0 Å². The fraction of sp³-hybridized carbons (Fsp3) is 0.579. The lowest BCUT2D eigenvalue weighted by Gasteiger charge is -2.34. The molecule has 1 fully saturated rings. The molecular formula is C19H28N2O3S. The maximum atomic E-state index is 12.1. The first-order chi connectivity index (χ1) is 11.8. The number of amides is 1. The summed E-state index contributed by atoms with van der Waals surface area (Å²) in [5.74, 6) is -0.600. The number of hydrogen-bond donors (Lipinski definition) is 1. The number of piperazine rings is 1. The zero-order valence-corrected chi connectivity index (χ0v) is 16.1. The molecule has 0 atom stereocenters. The number of carbonyl (C=O) groups is 2. The molecule has 0 bridgehead atoms. The van der Waals surface area contributed by atoms with Gasteiger partial charge in [0.05, 0.1) is 11.5 Å². The fourth-order valence-electron chi connectivity index (χ4n) is 2.84. The summed E-state index contributed by atoms with van der Waals surface area (Å²) in [6, 6.07) is 8.80. The second kappa shape index (κ2) is 8.72. The van der Waals surface area contributed by atoms with E-state index in [1.165, 1.54) is 22.9 Å². The van der Waals surface area contributed by atoms with Crippen molar-refractivity contribution >= 4 is 23.6 Å².